The van der Waals surface area contributed by atoms with Crippen LogP contribution in [0, 0.1) is 5.92 Å². The van der Waals surface area contributed by atoms with Crippen molar-refractivity contribution in [1.29, 1.82) is 0 Å². The topological polar surface area (TPSA) is 24.5 Å². The molecule has 0 aromatic carbocycles. The zero-order valence-corrected chi connectivity index (χ0v) is 10.7. The van der Waals surface area contributed by atoms with Gasteiger partial charge in [-0.05, 0) is 38.6 Å². The van der Waals surface area contributed by atoms with Gasteiger partial charge in [-0.2, -0.15) is 0 Å². The van der Waals surface area contributed by atoms with E-state index < -0.39 is 0 Å². The highest BCUT2D eigenvalue weighted by Gasteiger charge is 2.32. The molecular formula is C13H26N2O. The normalized spacial score (nSPS) is 38.2. The quantitative estimate of drug-likeness (QED) is 0.772. The molecule has 94 valence electrons. The second-order valence-corrected chi connectivity index (χ2v) is 5.38. The Kier molecular flexibility index (Phi) is 4.62. The zero-order valence-electron chi connectivity index (χ0n) is 10.7. The van der Waals surface area contributed by atoms with Gasteiger partial charge in [0.05, 0.1) is 6.61 Å². The fraction of sp³-hybridized carbons (Fsp3) is 1.00. The van der Waals surface area contributed by atoms with Crippen LogP contribution in [0.4, 0.5) is 0 Å². The summed E-state index contributed by atoms with van der Waals surface area (Å²) in [6, 6.07) is 1.42. The number of likely N-dealkylation sites (N-methyl/N-ethyl adjacent to an activating group) is 1. The largest absolute Gasteiger partial charge is 0.380 e. The maximum absolute atomic E-state index is 5.55. The van der Waals surface area contributed by atoms with E-state index >= 15 is 0 Å². The first kappa shape index (κ1) is 12.3. The summed E-state index contributed by atoms with van der Waals surface area (Å²) in [7, 11) is 2.11. The number of ether oxygens (including phenoxy) is 1. The summed E-state index contributed by atoms with van der Waals surface area (Å²) < 4.78 is 5.55. The van der Waals surface area contributed by atoms with E-state index in [-0.39, 0.29) is 0 Å². The van der Waals surface area contributed by atoms with E-state index in [0.717, 1.165) is 31.7 Å². The third kappa shape index (κ3) is 2.96. The van der Waals surface area contributed by atoms with Crippen molar-refractivity contribution in [1.82, 2.24) is 10.2 Å². The molecule has 16 heavy (non-hydrogen) atoms. The Morgan fingerprint density at radius 3 is 2.88 bits per heavy atom. The molecule has 2 rings (SSSR count). The van der Waals surface area contributed by atoms with Crippen molar-refractivity contribution in [3.63, 3.8) is 0 Å². The van der Waals surface area contributed by atoms with Crippen LogP contribution in [0.25, 0.3) is 0 Å². The van der Waals surface area contributed by atoms with Crippen molar-refractivity contribution in [3.8, 4) is 0 Å². The van der Waals surface area contributed by atoms with E-state index in [9.17, 15) is 0 Å². The predicted octanol–water partition coefficient (Wildman–Crippen LogP) is 1.49. The van der Waals surface area contributed by atoms with Gasteiger partial charge in [0.25, 0.3) is 0 Å². The van der Waals surface area contributed by atoms with E-state index in [2.05, 4.69) is 24.2 Å². The van der Waals surface area contributed by atoms with Crippen LogP contribution in [0.15, 0.2) is 0 Å². The van der Waals surface area contributed by atoms with Crippen molar-refractivity contribution in [2.24, 2.45) is 5.92 Å². The highest BCUT2D eigenvalue weighted by Crippen LogP contribution is 2.28. The molecule has 1 aliphatic heterocycles. The minimum absolute atomic E-state index is 0.689. The Balaban J connectivity index is 1.97. The molecule has 0 aromatic rings. The van der Waals surface area contributed by atoms with Crippen molar-refractivity contribution in [3.05, 3.63) is 0 Å². The van der Waals surface area contributed by atoms with Gasteiger partial charge in [-0.15, -0.1) is 0 Å². The summed E-state index contributed by atoms with van der Waals surface area (Å²) in [5.74, 6) is 0.888. The van der Waals surface area contributed by atoms with Gasteiger partial charge in [0.1, 0.15) is 0 Å². The van der Waals surface area contributed by atoms with Crippen LogP contribution in [0.2, 0.25) is 0 Å². The fourth-order valence-electron chi connectivity index (χ4n) is 3.19. The molecule has 1 saturated carbocycles. The standard InChI is InChI=1S/C13H26N2O/c1-11-4-5-12(14-2)13(10-11)15-6-3-8-16-9-7-15/h11-14H,3-10H2,1-2H3. The molecule has 0 spiro atoms. The maximum atomic E-state index is 5.55. The second-order valence-electron chi connectivity index (χ2n) is 5.38. The number of nitrogens with one attached hydrogen (secondary N) is 1. The Morgan fingerprint density at radius 2 is 2.06 bits per heavy atom. The number of rotatable bonds is 2. The summed E-state index contributed by atoms with van der Waals surface area (Å²) in [6.07, 6.45) is 5.26. The van der Waals surface area contributed by atoms with Gasteiger partial charge in [0, 0.05) is 31.8 Å². The van der Waals surface area contributed by atoms with Gasteiger partial charge in [-0.1, -0.05) is 6.92 Å². The van der Waals surface area contributed by atoms with Crippen LogP contribution in [0.1, 0.15) is 32.6 Å². The highest BCUT2D eigenvalue weighted by molar-refractivity contribution is 4.90. The molecule has 1 saturated heterocycles. The van der Waals surface area contributed by atoms with Crippen LogP contribution >= 0.6 is 0 Å². The van der Waals surface area contributed by atoms with Gasteiger partial charge in [-0.3, -0.25) is 4.90 Å². The first-order valence-corrected chi connectivity index (χ1v) is 6.80. The lowest BCUT2D eigenvalue weighted by atomic mass is 9.82. The lowest BCUT2D eigenvalue weighted by Crippen LogP contribution is -2.52. The molecule has 0 bridgehead atoms. The molecule has 3 heteroatoms. The average Bonchev–Trinajstić information content (AvgIpc) is 2.57. The summed E-state index contributed by atoms with van der Waals surface area (Å²) in [5.41, 5.74) is 0. The number of hydrogen-bond donors (Lipinski definition) is 1. The van der Waals surface area contributed by atoms with Crippen molar-refractivity contribution in [2.75, 3.05) is 33.4 Å². The Bertz CT molecular complexity index is 202. The van der Waals surface area contributed by atoms with Gasteiger partial charge >= 0.3 is 0 Å². The molecule has 2 fully saturated rings. The minimum atomic E-state index is 0.689. The fourth-order valence-corrected chi connectivity index (χ4v) is 3.19. The molecule has 3 unspecified atom stereocenters. The Labute approximate surface area is 99.5 Å². The summed E-state index contributed by atoms with van der Waals surface area (Å²) in [4.78, 5) is 2.66. The SMILES string of the molecule is CNC1CCC(C)CC1N1CCCOCC1. The molecule has 2 aliphatic rings. The summed E-state index contributed by atoms with van der Waals surface area (Å²) in [6.45, 7) is 6.60. The predicted molar refractivity (Wildman–Crippen MR) is 66.7 cm³/mol. The smallest absolute Gasteiger partial charge is 0.0593 e. The maximum Gasteiger partial charge on any atom is 0.0593 e. The van der Waals surface area contributed by atoms with E-state index in [1.165, 1.54) is 32.2 Å². The van der Waals surface area contributed by atoms with E-state index in [1.807, 2.05) is 0 Å². The van der Waals surface area contributed by atoms with E-state index in [1.54, 1.807) is 0 Å². The molecule has 1 N–H and O–H groups in total. The van der Waals surface area contributed by atoms with Crippen LogP contribution in [-0.4, -0.2) is 50.3 Å². The summed E-state index contributed by atoms with van der Waals surface area (Å²) in [5, 5.41) is 3.51. The van der Waals surface area contributed by atoms with Crippen molar-refractivity contribution in [2.45, 2.75) is 44.7 Å². The molecule has 1 heterocycles. The van der Waals surface area contributed by atoms with Crippen LogP contribution in [0.5, 0.6) is 0 Å². The lowest BCUT2D eigenvalue weighted by Gasteiger charge is -2.41. The van der Waals surface area contributed by atoms with E-state index in [4.69, 9.17) is 4.74 Å². The molecule has 3 atom stereocenters. The number of hydrogen-bond acceptors (Lipinski definition) is 3. The average molecular weight is 226 g/mol. The molecule has 0 radical (unpaired) electrons. The van der Waals surface area contributed by atoms with Crippen molar-refractivity contribution >= 4 is 0 Å². The lowest BCUT2D eigenvalue weighted by molar-refractivity contribution is 0.0923. The summed E-state index contributed by atoms with van der Waals surface area (Å²) >= 11 is 0. The molecular weight excluding hydrogens is 200 g/mol. The van der Waals surface area contributed by atoms with Gasteiger partial charge in [0.15, 0.2) is 0 Å². The van der Waals surface area contributed by atoms with Crippen LogP contribution in [-0.2, 0) is 4.74 Å². The van der Waals surface area contributed by atoms with Gasteiger partial charge in [-0.25, -0.2) is 0 Å². The highest BCUT2D eigenvalue weighted by atomic mass is 16.5. The Morgan fingerprint density at radius 1 is 1.19 bits per heavy atom. The second kappa shape index (κ2) is 5.99. The third-order valence-electron chi connectivity index (χ3n) is 4.18. The molecule has 0 amide bonds. The van der Waals surface area contributed by atoms with Crippen LogP contribution < -0.4 is 5.32 Å². The Hall–Kier alpha value is -0.120. The van der Waals surface area contributed by atoms with Gasteiger partial charge < -0.3 is 10.1 Å². The van der Waals surface area contributed by atoms with Crippen LogP contribution in [0.3, 0.4) is 0 Å². The van der Waals surface area contributed by atoms with Crippen molar-refractivity contribution < 1.29 is 4.74 Å². The molecule has 0 aromatic heterocycles. The van der Waals surface area contributed by atoms with Gasteiger partial charge in [0.2, 0.25) is 0 Å². The van der Waals surface area contributed by atoms with E-state index in [0.29, 0.717) is 6.04 Å². The zero-order chi connectivity index (χ0) is 11.4. The molecule has 3 nitrogen and oxygen atoms in total. The molecule has 1 aliphatic carbocycles. The minimum Gasteiger partial charge on any atom is -0.380 e. The number of nitrogens with zero attached hydrogens (tertiary/aromatic N) is 1. The monoisotopic (exact) mass is 226 g/mol. The third-order valence-corrected chi connectivity index (χ3v) is 4.18. The first-order valence-electron chi connectivity index (χ1n) is 6.80. The first-order chi connectivity index (χ1) is 7.81.